The van der Waals surface area contributed by atoms with E-state index in [4.69, 9.17) is 5.41 Å². The summed E-state index contributed by atoms with van der Waals surface area (Å²) < 4.78 is 43.4. The van der Waals surface area contributed by atoms with E-state index in [9.17, 15) is 23.1 Å². The van der Waals surface area contributed by atoms with Crippen molar-refractivity contribution in [2.75, 3.05) is 5.32 Å². The fourth-order valence-corrected chi connectivity index (χ4v) is 2.26. The second-order valence-electron chi connectivity index (χ2n) is 6.70. The molecule has 1 unspecified atom stereocenters. The number of anilines is 1. The first-order chi connectivity index (χ1) is 13.0. The van der Waals surface area contributed by atoms with Gasteiger partial charge in [0.15, 0.2) is 6.29 Å². The topological polar surface area (TPSA) is 95.3 Å². The molecule has 0 bridgehead atoms. The number of carbonyl (C=O) groups excluding carboxylic acids is 1. The zero-order valence-corrected chi connectivity index (χ0v) is 15.5. The SMILES string of the molecule is CC(Nc1cc(C=O)cnc1C(=N)c1cc(OC(F)F)ccc1F)C(C)(C)O. The van der Waals surface area contributed by atoms with Gasteiger partial charge in [-0.25, -0.2) is 4.39 Å². The van der Waals surface area contributed by atoms with Crippen LogP contribution in [0.5, 0.6) is 5.75 Å². The number of nitrogens with one attached hydrogen (secondary N) is 2. The van der Waals surface area contributed by atoms with Crippen molar-refractivity contribution in [3.63, 3.8) is 0 Å². The Morgan fingerprint density at radius 1 is 1.36 bits per heavy atom. The van der Waals surface area contributed by atoms with Crippen LogP contribution in [-0.2, 0) is 0 Å². The molecule has 0 saturated carbocycles. The van der Waals surface area contributed by atoms with Crippen LogP contribution in [-0.4, -0.2) is 40.3 Å². The molecule has 2 rings (SSSR count). The number of hydrogen-bond donors (Lipinski definition) is 3. The highest BCUT2D eigenvalue weighted by Gasteiger charge is 2.25. The Labute approximate surface area is 159 Å². The van der Waals surface area contributed by atoms with Crippen LogP contribution < -0.4 is 10.1 Å². The molecular formula is C19H20F3N3O3. The number of pyridine rings is 1. The maximum atomic E-state index is 14.2. The number of halogens is 3. The molecule has 3 N–H and O–H groups in total. The summed E-state index contributed by atoms with van der Waals surface area (Å²) in [7, 11) is 0. The molecule has 0 radical (unpaired) electrons. The zero-order valence-electron chi connectivity index (χ0n) is 15.5. The van der Waals surface area contributed by atoms with Gasteiger partial charge < -0.3 is 15.2 Å². The average Bonchev–Trinajstić information content (AvgIpc) is 2.61. The molecule has 0 aliphatic carbocycles. The van der Waals surface area contributed by atoms with Gasteiger partial charge in [0.05, 0.1) is 23.0 Å². The third-order valence-corrected chi connectivity index (χ3v) is 4.15. The van der Waals surface area contributed by atoms with Crippen LogP contribution in [0.4, 0.5) is 18.9 Å². The normalized spacial score (nSPS) is 12.6. The fraction of sp³-hybridized carbons (Fsp3) is 0.316. The second-order valence-corrected chi connectivity index (χ2v) is 6.70. The van der Waals surface area contributed by atoms with Gasteiger partial charge in [0.25, 0.3) is 0 Å². The lowest BCUT2D eigenvalue weighted by atomic mass is 9.99. The molecule has 1 heterocycles. The zero-order chi connectivity index (χ0) is 21.1. The van der Waals surface area contributed by atoms with Gasteiger partial charge in [-0.05, 0) is 45.0 Å². The lowest BCUT2D eigenvalue weighted by Gasteiger charge is -2.28. The number of carbonyl (C=O) groups is 1. The molecule has 0 aliphatic rings. The monoisotopic (exact) mass is 395 g/mol. The molecule has 0 amide bonds. The third kappa shape index (κ3) is 5.07. The van der Waals surface area contributed by atoms with Crippen molar-refractivity contribution in [3.8, 4) is 5.75 Å². The number of aromatic nitrogens is 1. The van der Waals surface area contributed by atoms with E-state index < -0.39 is 29.8 Å². The fourth-order valence-electron chi connectivity index (χ4n) is 2.26. The predicted molar refractivity (Wildman–Crippen MR) is 98.0 cm³/mol. The first-order valence-electron chi connectivity index (χ1n) is 8.30. The molecule has 2 aromatic rings. The van der Waals surface area contributed by atoms with E-state index in [0.29, 0.717) is 6.29 Å². The minimum absolute atomic E-state index is 0.0187. The number of aliphatic hydroxyl groups is 1. The van der Waals surface area contributed by atoms with E-state index in [2.05, 4.69) is 15.0 Å². The van der Waals surface area contributed by atoms with E-state index in [1.807, 2.05) is 0 Å². The second kappa shape index (κ2) is 8.39. The van der Waals surface area contributed by atoms with Gasteiger partial charge in [-0.2, -0.15) is 8.78 Å². The molecule has 0 spiro atoms. The summed E-state index contributed by atoms with van der Waals surface area (Å²) in [6.45, 7) is 1.72. The van der Waals surface area contributed by atoms with Crippen LogP contribution in [0, 0.1) is 11.2 Å². The van der Waals surface area contributed by atoms with Crippen LogP contribution in [0.15, 0.2) is 30.5 Å². The number of nitrogens with zero attached hydrogens (tertiary/aromatic N) is 1. The van der Waals surface area contributed by atoms with Crippen molar-refractivity contribution in [1.82, 2.24) is 4.98 Å². The van der Waals surface area contributed by atoms with E-state index >= 15 is 0 Å². The smallest absolute Gasteiger partial charge is 0.387 e. The molecular weight excluding hydrogens is 375 g/mol. The van der Waals surface area contributed by atoms with Gasteiger partial charge in [-0.15, -0.1) is 0 Å². The Bertz CT molecular complexity index is 882. The summed E-state index contributed by atoms with van der Waals surface area (Å²) in [4.78, 5) is 15.1. The highest BCUT2D eigenvalue weighted by atomic mass is 19.3. The molecule has 1 atom stereocenters. The van der Waals surface area contributed by atoms with Gasteiger partial charge in [-0.1, -0.05) is 0 Å². The van der Waals surface area contributed by atoms with Crippen LogP contribution in [0.1, 0.15) is 42.4 Å². The number of alkyl halides is 2. The van der Waals surface area contributed by atoms with Gasteiger partial charge in [0, 0.05) is 17.3 Å². The highest BCUT2D eigenvalue weighted by Crippen LogP contribution is 2.25. The highest BCUT2D eigenvalue weighted by molar-refractivity contribution is 6.13. The summed E-state index contributed by atoms with van der Waals surface area (Å²) in [6, 6.07) is 3.80. The van der Waals surface area contributed by atoms with Crippen LogP contribution in [0.3, 0.4) is 0 Å². The minimum Gasteiger partial charge on any atom is -0.435 e. The number of ether oxygens (including phenoxy) is 1. The van der Waals surface area contributed by atoms with Crippen molar-refractivity contribution < 1.29 is 27.8 Å². The Morgan fingerprint density at radius 3 is 2.61 bits per heavy atom. The Balaban J connectivity index is 2.49. The Hall–Kier alpha value is -2.94. The Kier molecular flexibility index (Phi) is 6.40. The van der Waals surface area contributed by atoms with Gasteiger partial charge >= 0.3 is 6.61 Å². The van der Waals surface area contributed by atoms with Crippen molar-refractivity contribution in [2.45, 2.75) is 39.0 Å². The summed E-state index contributed by atoms with van der Waals surface area (Å²) >= 11 is 0. The molecule has 6 nitrogen and oxygen atoms in total. The molecule has 28 heavy (non-hydrogen) atoms. The standard InChI is InChI=1S/C19H20F3N3O3/c1-10(19(2,3)27)25-15-6-11(9-26)8-24-17(15)16(23)13-7-12(28-18(21)22)4-5-14(13)20/h4-10,18,23,25,27H,1-3H3. The van der Waals surface area contributed by atoms with Crippen molar-refractivity contribution in [3.05, 3.63) is 53.1 Å². The molecule has 9 heteroatoms. The van der Waals surface area contributed by atoms with Crippen LogP contribution >= 0.6 is 0 Å². The summed E-state index contributed by atoms with van der Waals surface area (Å²) in [6.07, 6.45) is 1.76. The van der Waals surface area contributed by atoms with Crippen LogP contribution in [0.25, 0.3) is 0 Å². The molecule has 1 aromatic carbocycles. The summed E-state index contributed by atoms with van der Waals surface area (Å²) in [5, 5.41) is 21.4. The number of rotatable bonds is 8. The predicted octanol–water partition coefficient (Wildman–Crippen LogP) is 3.62. The van der Waals surface area contributed by atoms with Gasteiger partial charge in [0.2, 0.25) is 0 Å². The lowest BCUT2D eigenvalue weighted by Crippen LogP contribution is -2.39. The van der Waals surface area contributed by atoms with E-state index in [1.165, 1.54) is 12.3 Å². The molecule has 150 valence electrons. The average molecular weight is 395 g/mol. The molecule has 1 aromatic heterocycles. The van der Waals surface area contributed by atoms with E-state index in [1.54, 1.807) is 20.8 Å². The molecule has 0 fully saturated rings. The summed E-state index contributed by atoms with van der Waals surface area (Å²) in [5.74, 6) is -1.13. The lowest BCUT2D eigenvalue weighted by molar-refractivity contribution is -0.0499. The first kappa shape index (κ1) is 21.4. The summed E-state index contributed by atoms with van der Waals surface area (Å²) in [5.41, 5.74) is -1.45. The minimum atomic E-state index is -3.10. The molecule has 0 saturated heterocycles. The van der Waals surface area contributed by atoms with Crippen LogP contribution in [0.2, 0.25) is 0 Å². The maximum absolute atomic E-state index is 14.2. The number of hydrogen-bond acceptors (Lipinski definition) is 6. The van der Waals surface area contributed by atoms with E-state index in [-0.39, 0.29) is 28.3 Å². The maximum Gasteiger partial charge on any atom is 0.387 e. The quantitative estimate of drug-likeness (QED) is 0.469. The molecule has 0 aliphatic heterocycles. The largest absolute Gasteiger partial charge is 0.435 e. The number of aldehydes is 1. The van der Waals surface area contributed by atoms with Crippen molar-refractivity contribution in [2.24, 2.45) is 0 Å². The van der Waals surface area contributed by atoms with Gasteiger partial charge in [-0.3, -0.25) is 15.2 Å². The number of benzene rings is 1. The first-order valence-corrected chi connectivity index (χ1v) is 8.30. The van der Waals surface area contributed by atoms with Crippen molar-refractivity contribution in [1.29, 1.82) is 5.41 Å². The van der Waals surface area contributed by atoms with E-state index in [0.717, 1.165) is 18.2 Å². The van der Waals surface area contributed by atoms with Crippen molar-refractivity contribution >= 4 is 17.7 Å². The third-order valence-electron chi connectivity index (χ3n) is 4.15. The Morgan fingerprint density at radius 2 is 2.04 bits per heavy atom. The van der Waals surface area contributed by atoms with Gasteiger partial charge in [0.1, 0.15) is 17.3 Å².